The van der Waals surface area contributed by atoms with Crippen molar-refractivity contribution in [3.8, 4) is 17.0 Å². The fourth-order valence-corrected chi connectivity index (χ4v) is 2.51. The van der Waals surface area contributed by atoms with Crippen LogP contribution in [0.15, 0.2) is 55.0 Å². The Morgan fingerprint density at radius 2 is 1.96 bits per heavy atom. The van der Waals surface area contributed by atoms with Gasteiger partial charge in [-0.05, 0) is 30.3 Å². The molecule has 0 saturated heterocycles. The highest BCUT2D eigenvalue weighted by Crippen LogP contribution is 2.29. The maximum atomic E-state index is 12.6. The number of benzene rings is 1. The minimum absolute atomic E-state index is 0.213. The number of alkyl halides is 3. The minimum Gasteiger partial charge on any atom is -0.492 e. The summed E-state index contributed by atoms with van der Waals surface area (Å²) in [5.74, 6) is -0.438. The van der Waals surface area contributed by atoms with Gasteiger partial charge < -0.3 is 20.1 Å². The third kappa shape index (κ3) is 5.30. The van der Waals surface area contributed by atoms with Gasteiger partial charge in [0.15, 0.2) is 0 Å². The monoisotopic (exact) mass is 392 g/mol. The van der Waals surface area contributed by atoms with Crippen molar-refractivity contribution in [3.63, 3.8) is 0 Å². The first-order valence-electron chi connectivity index (χ1n) is 8.58. The highest BCUT2D eigenvalue weighted by Gasteiger charge is 2.34. The number of nitrogens with one attached hydrogen (secondary N) is 2. The van der Waals surface area contributed by atoms with E-state index in [2.05, 4.69) is 20.3 Å². The van der Waals surface area contributed by atoms with Gasteiger partial charge in [-0.2, -0.15) is 13.2 Å². The smallest absolute Gasteiger partial charge is 0.449 e. The summed E-state index contributed by atoms with van der Waals surface area (Å²) >= 11 is 0. The van der Waals surface area contributed by atoms with Crippen LogP contribution in [-0.4, -0.2) is 39.8 Å². The van der Waals surface area contributed by atoms with E-state index >= 15 is 0 Å². The van der Waals surface area contributed by atoms with Gasteiger partial charge in [0.2, 0.25) is 5.82 Å². The number of aliphatic hydroxyl groups excluding tert-OH is 1. The van der Waals surface area contributed by atoms with Crippen LogP contribution in [0, 0.1) is 0 Å². The molecule has 28 heavy (non-hydrogen) atoms. The Morgan fingerprint density at radius 3 is 2.61 bits per heavy atom. The first-order valence-corrected chi connectivity index (χ1v) is 8.58. The summed E-state index contributed by atoms with van der Waals surface area (Å²) in [4.78, 5) is 9.64. The predicted octanol–water partition coefficient (Wildman–Crippen LogP) is 3.19. The van der Waals surface area contributed by atoms with E-state index in [0.29, 0.717) is 31.0 Å². The molecule has 3 aromatic rings. The Labute approximate surface area is 159 Å². The first-order chi connectivity index (χ1) is 13.4. The molecule has 0 radical (unpaired) electrons. The number of aromatic amines is 1. The summed E-state index contributed by atoms with van der Waals surface area (Å²) in [7, 11) is 0. The molecular weight excluding hydrogens is 373 g/mol. The van der Waals surface area contributed by atoms with E-state index in [1.54, 1.807) is 48.8 Å². The summed E-state index contributed by atoms with van der Waals surface area (Å²) in [5, 5.41) is 13.1. The number of aliphatic hydroxyl groups is 1. The lowest BCUT2D eigenvalue weighted by Crippen LogP contribution is -2.26. The lowest BCUT2D eigenvalue weighted by Gasteiger charge is -2.12. The Balaban J connectivity index is 1.43. The third-order valence-corrected chi connectivity index (χ3v) is 3.95. The molecule has 1 atom stereocenters. The standard InChI is InChI=1S/C19H19F3N4O2/c20-19(21,22)18-25-11-16(26-18)13-3-5-15(6-4-13)28-9-8-24-12-17(27)14-2-1-7-23-10-14/h1-7,10-11,17,24,27H,8-9,12H2,(H,25,26)/t17-/m0/s1. The number of aromatic nitrogens is 3. The van der Waals surface area contributed by atoms with Crippen LogP contribution in [0.25, 0.3) is 11.3 Å². The minimum atomic E-state index is -4.50. The number of H-pyrrole nitrogens is 1. The highest BCUT2D eigenvalue weighted by molar-refractivity contribution is 5.59. The topological polar surface area (TPSA) is 83.1 Å². The van der Waals surface area contributed by atoms with Crippen LogP contribution in [0.2, 0.25) is 0 Å². The first kappa shape index (κ1) is 19.8. The molecule has 6 nitrogen and oxygen atoms in total. The van der Waals surface area contributed by atoms with Gasteiger partial charge in [-0.15, -0.1) is 0 Å². The molecule has 3 rings (SSSR count). The lowest BCUT2D eigenvalue weighted by molar-refractivity contribution is -0.144. The van der Waals surface area contributed by atoms with Crippen molar-refractivity contribution in [2.45, 2.75) is 12.3 Å². The van der Waals surface area contributed by atoms with Gasteiger partial charge in [0, 0.05) is 42.8 Å². The van der Waals surface area contributed by atoms with Crippen LogP contribution in [0.1, 0.15) is 17.5 Å². The van der Waals surface area contributed by atoms with Gasteiger partial charge in [0.1, 0.15) is 12.4 Å². The van der Waals surface area contributed by atoms with Crippen LogP contribution in [0.5, 0.6) is 5.75 Å². The molecule has 1 aromatic carbocycles. The second-order valence-corrected chi connectivity index (χ2v) is 6.01. The Kier molecular flexibility index (Phi) is 6.27. The molecule has 2 aromatic heterocycles. The van der Waals surface area contributed by atoms with Crippen LogP contribution >= 0.6 is 0 Å². The van der Waals surface area contributed by atoms with E-state index in [4.69, 9.17) is 4.74 Å². The molecule has 9 heteroatoms. The lowest BCUT2D eigenvalue weighted by atomic mass is 10.1. The van der Waals surface area contributed by atoms with Crippen molar-refractivity contribution in [1.29, 1.82) is 0 Å². The largest absolute Gasteiger partial charge is 0.492 e. The number of ether oxygens (including phenoxy) is 1. The second kappa shape index (κ2) is 8.85. The van der Waals surface area contributed by atoms with Gasteiger partial charge in [0.25, 0.3) is 0 Å². The summed E-state index contributed by atoms with van der Waals surface area (Å²) < 4.78 is 43.4. The van der Waals surface area contributed by atoms with Gasteiger partial charge in [-0.3, -0.25) is 4.98 Å². The van der Waals surface area contributed by atoms with Crippen molar-refractivity contribution in [1.82, 2.24) is 20.3 Å². The van der Waals surface area contributed by atoms with Gasteiger partial charge in [-0.25, -0.2) is 4.98 Å². The van der Waals surface area contributed by atoms with Crippen LogP contribution in [-0.2, 0) is 6.18 Å². The third-order valence-electron chi connectivity index (χ3n) is 3.95. The average Bonchev–Trinajstić information content (AvgIpc) is 3.19. The molecule has 0 fully saturated rings. The maximum Gasteiger partial charge on any atom is 0.449 e. The van der Waals surface area contributed by atoms with Gasteiger partial charge >= 0.3 is 6.18 Å². The molecule has 148 valence electrons. The van der Waals surface area contributed by atoms with Crippen molar-refractivity contribution < 1.29 is 23.0 Å². The molecule has 0 aliphatic carbocycles. The number of halogens is 3. The molecule has 0 amide bonds. The van der Waals surface area contributed by atoms with E-state index in [9.17, 15) is 18.3 Å². The molecule has 0 bridgehead atoms. The van der Waals surface area contributed by atoms with E-state index in [-0.39, 0.29) is 5.69 Å². The Hall–Kier alpha value is -2.91. The van der Waals surface area contributed by atoms with E-state index in [1.165, 1.54) is 6.20 Å². The van der Waals surface area contributed by atoms with E-state index < -0.39 is 18.1 Å². The molecule has 0 aliphatic rings. The zero-order valence-electron chi connectivity index (χ0n) is 14.8. The predicted molar refractivity (Wildman–Crippen MR) is 96.6 cm³/mol. The van der Waals surface area contributed by atoms with Crippen molar-refractivity contribution in [3.05, 3.63) is 66.4 Å². The van der Waals surface area contributed by atoms with E-state index in [0.717, 1.165) is 5.56 Å². The Bertz CT molecular complexity index is 867. The highest BCUT2D eigenvalue weighted by atomic mass is 19.4. The van der Waals surface area contributed by atoms with E-state index in [1.807, 2.05) is 0 Å². The molecule has 3 N–H and O–H groups in total. The fourth-order valence-electron chi connectivity index (χ4n) is 2.51. The Morgan fingerprint density at radius 1 is 1.18 bits per heavy atom. The van der Waals surface area contributed by atoms with Crippen LogP contribution in [0.3, 0.4) is 0 Å². The molecule has 0 aliphatic heterocycles. The zero-order chi connectivity index (χ0) is 20.0. The second-order valence-electron chi connectivity index (χ2n) is 6.01. The maximum absolute atomic E-state index is 12.6. The van der Waals surface area contributed by atoms with Gasteiger partial charge in [0.05, 0.1) is 11.8 Å². The average molecular weight is 392 g/mol. The number of rotatable bonds is 8. The van der Waals surface area contributed by atoms with Crippen molar-refractivity contribution >= 4 is 0 Å². The van der Waals surface area contributed by atoms with Crippen LogP contribution in [0.4, 0.5) is 13.2 Å². The molecule has 0 unspecified atom stereocenters. The summed E-state index contributed by atoms with van der Waals surface area (Å²) in [6, 6.07) is 10.2. The molecule has 2 heterocycles. The van der Waals surface area contributed by atoms with Crippen LogP contribution < -0.4 is 10.1 Å². The molecule has 0 spiro atoms. The molecule has 0 saturated carbocycles. The number of nitrogens with zero attached hydrogens (tertiary/aromatic N) is 2. The molecular formula is C19H19F3N4O2. The normalized spacial score (nSPS) is 12.7. The summed E-state index contributed by atoms with van der Waals surface area (Å²) in [6.45, 7) is 1.27. The van der Waals surface area contributed by atoms with Crippen molar-refractivity contribution in [2.24, 2.45) is 0 Å². The van der Waals surface area contributed by atoms with Gasteiger partial charge in [-0.1, -0.05) is 6.07 Å². The zero-order valence-corrected chi connectivity index (χ0v) is 14.8. The summed E-state index contributed by atoms with van der Waals surface area (Å²) in [6.07, 6.45) is -0.677. The number of pyridine rings is 1. The summed E-state index contributed by atoms with van der Waals surface area (Å²) in [5.41, 5.74) is 1.50. The SMILES string of the molecule is O[C@@H](CNCCOc1ccc(-c2c[nH]c(C(F)(F)F)n2)cc1)c1cccnc1. The fraction of sp³-hybridized carbons (Fsp3) is 0.263. The van der Waals surface area contributed by atoms with Crippen molar-refractivity contribution in [2.75, 3.05) is 19.7 Å². The quantitative estimate of drug-likeness (QED) is 0.513. The number of hydrogen-bond acceptors (Lipinski definition) is 5. The number of hydrogen-bond donors (Lipinski definition) is 3. The number of imidazole rings is 1.